The summed E-state index contributed by atoms with van der Waals surface area (Å²) in [7, 11) is 0. The normalized spacial score (nSPS) is 18.8. The first-order valence-corrected chi connectivity index (χ1v) is 11.1. The highest BCUT2D eigenvalue weighted by Crippen LogP contribution is 2.30. The van der Waals surface area contributed by atoms with Crippen molar-refractivity contribution in [2.45, 2.75) is 31.7 Å². The predicted octanol–water partition coefficient (Wildman–Crippen LogP) is 4.46. The van der Waals surface area contributed by atoms with Crippen molar-refractivity contribution in [2.24, 2.45) is 5.92 Å². The molecule has 0 bridgehead atoms. The Balaban J connectivity index is 1.49. The van der Waals surface area contributed by atoms with E-state index in [2.05, 4.69) is 57.4 Å². The van der Waals surface area contributed by atoms with Crippen LogP contribution in [0.3, 0.4) is 0 Å². The van der Waals surface area contributed by atoms with Crippen molar-refractivity contribution in [1.82, 2.24) is 20.2 Å². The Morgan fingerprint density at radius 1 is 1.03 bits per heavy atom. The molecule has 0 radical (unpaired) electrons. The molecule has 1 fully saturated rings. The molecule has 2 aromatic heterocycles. The van der Waals surface area contributed by atoms with Crippen molar-refractivity contribution in [2.75, 3.05) is 19.6 Å². The lowest BCUT2D eigenvalue weighted by molar-refractivity contribution is 0.0872. The summed E-state index contributed by atoms with van der Waals surface area (Å²) >= 11 is 0. The number of carbonyl (C=O) groups excluding carboxylic acids is 1. The maximum absolute atomic E-state index is 12.9. The predicted molar refractivity (Wildman–Crippen MR) is 123 cm³/mol. The van der Waals surface area contributed by atoms with E-state index in [4.69, 9.17) is 0 Å². The van der Waals surface area contributed by atoms with Gasteiger partial charge in [-0.15, -0.1) is 0 Å². The highest BCUT2D eigenvalue weighted by Gasteiger charge is 2.31. The van der Waals surface area contributed by atoms with Crippen LogP contribution in [0.5, 0.6) is 0 Å². The Hall–Kier alpha value is -3.05. The summed E-state index contributed by atoms with van der Waals surface area (Å²) in [6, 6.07) is 21.9. The van der Waals surface area contributed by atoms with Crippen LogP contribution in [0.15, 0.2) is 79.1 Å². The van der Waals surface area contributed by atoms with Gasteiger partial charge in [0.15, 0.2) is 0 Å². The molecule has 31 heavy (non-hydrogen) atoms. The zero-order valence-electron chi connectivity index (χ0n) is 18.0. The van der Waals surface area contributed by atoms with Crippen molar-refractivity contribution < 1.29 is 4.79 Å². The van der Waals surface area contributed by atoms with E-state index in [0.717, 1.165) is 38.2 Å². The van der Waals surface area contributed by atoms with Crippen LogP contribution in [0.25, 0.3) is 0 Å². The fourth-order valence-electron chi connectivity index (χ4n) is 4.51. The first kappa shape index (κ1) is 21.2. The summed E-state index contributed by atoms with van der Waals surface area (Å²) in [5, 5.41) is 3.23. The second-order valence-corrected chi connectivity index (χ2v) is 8.39. The Labute approximate surface area is 184 Å². The van der Waals surface area contributed by atoms with Crippen molar-refractivity contribution in [3.05, 3.63) is 96.1 Å². The Morgan fingerprint density at radius 3 is 2.48 bits per heavy atom. The van der Waals surface area contributed by atoms with Gasteiger partial charge >= 0.3 is 0 Å². The number of piperidine rings is 1. The lowest BCUT2D eigenvalue weighted by Crippen LogP contribution is -2.44. The van der Waals surface area contributed by atoms with Gasteiger partial charge in [-0.05, 0) is 61.1 Å². The summed E-state index contributed by atoms with van der Waals surface area (Å²) < 4.78 is 0. The number of hydrogen-bond acceptors (Lipinski definition) is 4. The molecule has 3 atom stereocenters. The third-order valence-electron chi connectivity index (χ3n) is 6.10. The molecule has 1 aromatic carbocycles. The second-order valence-electron chi connectivity index (χ2n) is 8.39. The average Bonchev–Trinajstić information content (AvgIpc) is 2.84. The molecule has 1 amide bonds. The van der Waals surface area contributed by atoms with Crippen molar-refractivity contribution >= 4 is 5.91 Å². The number of pyridine rings is 2. The zero-order valence-corrected chi connectivity index (χ0v) is 18.0. The van der Waals surface area contributed by atoms with Gasteiger partial charge in [0.2, 0.25) is 0 Å². The van der Waals surface area contributed by atoms with E-state index in [1.165, 1.54) is 5.56 Å². The highest BCUT2D eigenvalue weighted by atomic mass is 16.1. The molecule has 1 saturated heterocycles. The number of rotatable bonds is 7. The van der Waals surface area contributed by atoms with Gasteiger partial charge in [0.25, 0.3) is 5.91 Å². The Bertz CT molecular complexity index is 949. The molecule has 1 N–H and O–H groups in total. The summed E-state index contributed by atoms with van der Waals surface area (Å²) in [5.74, 6) is 0.627. The van der Waals surface area contributed by atoms with Gasteiger partial charge < -0.3 is 10.2 Å². The summed E-state index contributed by atoms with van der Waals surface area (Å²) in [6.45, 7) is 5.35. The molecular weight excluding hydrogens is 384 g/mol. The van der Waals surface area contributed by atoms with E-state index in [-0.39, 0.29) is 11.9 Å². The fraction of sp³-hybridized carbons (Fsp3) is 0.346. The third-order valence-corrected chi connectivity index (χ3v) is 6.10. The Kier molecular flexibility index (Phi) is 7.05. The molecule has 160 valence electrons. The summed E-state index contributed by atoms with van der Waals surface area (Å²) in [5.41, 5.74) is 2.72. The minimum atomic E-state index is -0.147. The zero-order chi connectivity index (χ0) is 21.5. The van der Waals surface area contributed by atoms with Crippen LogP contribution in [0.4, 0.5) is 0 Å². The number of benzene rings is 1. The van der Waals surface area contributed by atoms with Crippen LogP contribution in [-0.2, 0) is 0 Å². The number of likely N-dealkylation sites (tertiary alicyclic amines) is 1. The average molecular weight is 415 g/mol. The van der Waals surface area contributed by atoms with Gasteiger partial charge in [0, 0.05) is 25.5 Å². The number of amides is 1. The molecule has 5 heteroatoms. The van der Waals surface area contributed by atoms with Gasteiger partial charge in [-0.2, -0.15) is 0 Å². The molecule has 1 aliphatic rings. The molecule has 0 unspecified atom stereocenters. The minimum Gasteiger partial charge on any atom is -0.342 e. The summed E-state index contributed by atoms with van der Waals surface area (Å²) in [4.78, 5) is 24.2. The molecule has 0 spiro atoms. The van der Waals surface area contributed by atoms with Crippen molar-refractivity contribution in [3.8, 4) is 0 Å². The van der Waals surface area contributed by atoms with Crippen LogP contribution in [0, 0.1) is 5.92 Å². The molecule has 5 nitrogen and oxygen atoms in total. The van der Waals surface area contributed by atoms with E-state index in [9.17, 15) is 4.79 Å². The maximum Gasteiger partial charge on any atom is 0.270 e. The molecule has 3 aromatic rings. The van der Waals surface area contributed by atoms with E-state index in [1.54, 1.807) is 18.5 Å². The molecule has 3 heterocycles. The maximum atomic E-state index is 12.9. The highest BCUT2D eigenvalue weighted by molar-refractivity contribution is 5.92. The van der Waals surface area contributed by atoms with Gasteiger partial charge in [-0.3, -0.25) is 14.8 Å². The molecule has 1 aliphatic heterocycles. The summed E-state index contributed by atoms with van der Waals surface area (Å²) in [6.07, 6.45) is 5.64. The third kappa shape index (κ3) is 5.56. The van der Waals surface area contributed by atoms with Crippen LogP contribution in [0.2, 0.25) is 0 Å². The first-order chi connectivity index (χ1) is 15.2. The van der Waals surface area contributed by atoms with E-state index >= 15 is 0 Å². The smallest absolute Gasteiger partial charge is 0.270 e. The fourth-order valence-corrected chi connectivity index (χ4v) is 4.51. The Morgan fingerprint density at radius 2 is 1.77 bits per heavy atom. The first-order valence-electron chi connectivity index (χ1n) is 11.1. The standard InChI is InChI=1S/C26H30N4O/c1-20(21-10-3-2-4-11-21)18-30-17-9-12-22(19-30)25(23-13-5-7-15-27-23)29-26(31)24-14-6-8-16-28-24/h2-8,10-11,13-16,20,22,25H,9,12,17-19H2,1H3,(H,29,31)/t20-,22+,25-/m1/s1. The second kappa shape index (κ2) is 10.3. The number of nitrogens with zero attached hydrogens (tertiary/aromatic N) is 3. The largest absolute Gasteiger partial charge is 0.342 e. The van der Waals surface area contributed by atoms with E-state index < -0.39 is 0 Å². The van der Waals surface area contributed by atoms with Crippen LogP contribution >= 0.6 is 0 Å². The number of nitrogens with one attached hydrogen (secondary N) is 1. The van der Waals surface area contributed by atoms with Gasteiger partial charge in [-0.1, -0.05) is 49.4 Å². The molecule has 0 saturated carbocycles. The lowest BCUT2D eigenvalue weighted by Gasteiger charge is -2.38. The molecular formula is C26H30N4O. The number of hydrogen-bond donors (Lipinski definition) is 1. The SMILES string of the molecule is C[C@H](CN1CCC[C@H]([C@@H](NC(=O)c2ccccn2)c2ccccn2)C1)c1ccccc1. The molecule has 4 rings (SSSR count). The van der Waals surface area contributed by atoms with Gasteiger partial charge in [0.05, 0.1) is 11.7 Å². The van der Waals surface area contributed by atoms with Crippen LogP contribution in [-0.4, -0.2) is 40.4 Å². The lowest BCUT2D eigenvalue weighted by atomic mass is 9.87. The topological polar surface area (TPSA) is 58.1 Å². The van der Waals surface area contributed by atoms with Gasteiger partial charge in [-0.25, -0.2) is 0 Å². The van der Waals surface area contributed by atoms with Gasteiger partial charge in [0.1, 0.15) is 5.69 Å². The number of carbonyl (C=O) groups is 1. The van der Waals surface area contributed by atoms with Crippen LogP contribution < -0.4 is 5.32 Å². The van der Waals surface area contributed by atoms with E-state index in [0.29, 0.717) is 17.5 Å². The van der Waals surface area contributed by atoms with E-state index in [1.807, 2.05) is 30.3 Å². The quantitative estimate of drug-likeness (QED) is 0.620. The number of aromatic nitrogens is 2. The minimum absolute atomic E-state index is 0.134. The van der Waals surface area contributed by atoms with Crippen molar-refractivity contribution in [1.29, 1.82) is 0 Å². The van der Waals surface area contributed by atoms with Crippen LogP contribution in [0.1, 0.15) is 53.5 Å². The van der Waals surface area contributed by atoms with Crippen molar-refractivity contribution in [3.63, 3.8) is 0 Å². The monoisotopic (exact) mass is 414 g/mol. The molecule has 0 aliphatic carbocycles.